The van der Waals surface area contributed by atoms with Crippen LogP contribution in [-0.2, 0) is 20.6 Å². The number of unbranched alkanes of at least 4 members (excludes halogenated alkanes) is 2. The van der Waals surface area contributed by atoms with Crippen LogP contribution in [0.2, 0.25) is 0 Å². The quantitative estimate of drug-likeness (QED) is 0.353. The maximum absolute atomic E-state index is 11.0. The van der Waals surface area contributed by atoms with Crippen molar-refractivity contribution in [3.05, 3.63) is 0 Å². The number of esters is 1. The Morgan fingerprint density at radius 2 is 2.07 bits per heavy atom. The van der Waals surface area contributed by atoms with Gasteiger partial charge in [-0.05, 0) is 19.3 Å². The molecule has 0 aromatic rings. The largest absolute Gasteiger partial charge is 0.772 e. The molecular formula is C9H17O4S-. The van der Waals surface area contributed by atoms with Crippen LogP contribution in [0.25, 0.3) is 0 Å². The number of carbonyl (C=O) groups excluding carboxylic acids is 1. The van der Waals surface area contributed by atoms with Gasteiger partial charge in [0.1, 0.15) is 0 Å². The van der Waals surface area contributed by atoms with Crippen LogP contribution in [0.4, 0.5) is 0 Å². The van der Waals surface area contributed by atoms with Gasteiger partial charge in [0.2, 0.25) is 0 Å². The summed E-state index contributed by atoms with van der Waals surface area (Å²) in [6.45, 7) is 2.50. The lowest BCUT2D eigenvalue weighted by molar-refractivity contribution is -0.143. The highest BCUT2D eigenvalue weighted by Crippen LogP contribution is 1.99. The molecular weight excluding hydrogens is 204 g/mol. The summed E-state index contributed by atoms with van der Waals surface area (Å²) in [7, 11) is 0. The maximum Gasteiger partial charge on any atom is 0.305 e. The fourth-order valence-corrected chi connectivity index (χ4v) is 1.33. The van der Waals surface area contributed by atoms with Gasteiger partial charge < -0.3 is 9.29 Å². The van der Waals surface area contributed by atoms with Crippen molar-refractivity contribution in [3.63, 3.8) is 0 Å². The Hall–Kier alpha value is -0.420. The van der Waals surface area contributed by atoms with Gasteiger partial charge in [-0.15, -0.1) is 0 Å². The molecule has 0 spiro atoms. The van der Waals surface area contributed by atoms with E-state index in [1.165, 1.54) is 0 Å². The highest BCUT2D eigenvalue weighted by Gasteiger charge is 2.01. The fraction of sp³-hybridized carbons (Fsp3) is 0.889. The van der Waals surface area contributed by atoms with E-state index in [4.69, 9.17) is 4.74 Å². The average molecular weight is 221 g/mol. The van der Waals surface area contributed by atoms with Crippen LogP contribution in [0.3, 0.4) is 0 Å². The number of rotatable bonds is 8. The molecule has 0 rings (SSSR count). The summed E-state index contributed by atoms with van der Waals surface area (Å²) in [5.41, 5.74) is 0. The third-order valence-corrected chi connectivity index (χ3v) is 2.32. The second-order valence-electron chi connectivity index (χ2n) is 3.04. The summed E-state index contributed by atoms with van der Waals surface area (Å²) in [5.74, 6) is -0.0995. The van der Waals surface area contributed by atoms with Crippen molar-refractivity contribution >= 4 is 17.0 Å². The van der Waals surface area contributed by atoms with E-state index >= 15 is 0 Å². The van der Waals surface area contributed by atoms with E-state index in [0.717, 1.165) is 12.8 Å². The molecule has 0 aliphatic carbocycles. The lowest BCUT2D eigenvalue weighted by Crippen LogP contribution is -2.06. The van der Waals surface area contributed by atoms with E-state index in [1.807, 2.05) is 6.92 Å². The minimum atomic E-state index is -1.99. The third-order valence-electron chi connectivity index (χ3n) is 1.70. The second kappa shape index (κ2) is 9.15. The van der Waals surface area contributed by atoms with E-state index < -0.39 is 11.1 Å². The van der Waals surface area contributed by atoms with Crippen molar-refractivity contribution in [1.29, 1.82) is 0 Å². The van der Waals surface area contributed by atoms with Crippen molar-refractivity contribution in [2.45, 2.75) is 39.0 Å². The maximum atomic E-state index is 11.0. The van der Waals surface area contributed by atoms with Gasteiger partial charge in [0.25, 0.3) is 0 Å². The molecule has 0 radical (unpaired) electrons. The van der Waals surface area contributed by atoms with E-state index in [0.29, 0.717) is 25.9 Å². The minimum absolute atomic E-state index is 0.127. The molecule has 1 atom stereocenters. The molecule has 0 aromatic carbocycles. The Labute approximate surface area is 87.3 Å². The molecule has 5 heteroatoms. The van der Waals surface area contributed by atoms with Gasteiger partial charge in [0, 0.05) is 12.2 Å². The zero-order valence-corrected chi connectivity index (χ0v) is 9.31. The number of ether oxygens (including phenoxy) is 1. The van der Waals surface area contributed by atoms with Gasteiger partial charge in [-0.25, -0.2) is 0 Å². The Morgan fingerprint density at radius 1 is 1.36 bits per heavy atom. The first-order valence-electron chi connectivity index (χ1n) is 4.88. The molecule has 0 amide bonds. The van der Waals surface area contributed by atoms with Crippen molar-refractivity contribution in [2.24, 2.45) is 0 Å². The van der Waals surface area contributed by atoms with Gasteiger partial charge in [0.15, 0.2) is 0 Å². The monoisotopic (exact) mass is 221 g/mol. The molecule has 0 bridgehead atoms. The fourth-order valence-electron chi connectivity index (χ4n) is 0.892. The topological polar surface area (TPSA) is 66.4 Å². The highest BCUT2D eigenvalue weighted by molar-refractivity contribution is 7.79. The Balaban J connectivity index is 3.22. The Bertz CT molecular complexity index is 182. The average Bonchev–Trinajstić information content (AvgIpc) is 2.13. The second-order valence-corrected chi connectivity index (χ2v) is 4.05. The molecule has 4 nitrogen and oxygen atoms in total. The smallest absolute Gasteiger partial charge is 0.305 e. The molecule has 1 unspecified atom stereocenters. The summed E-state index contributed by atoms with van der Waals surface area (Å²) < 4.78 is 25.2. The van der Waals surface area contributed by atoms with E-state index in [2.05, 4.69) is 0 Å². The lowest BCUT2D eigenvalue weighted by atomic mass is 10.2. The zero-order chi connectivity index (χ0) is 10.8. The summed E-state index contributed by atoms with van der Waals surface area (Å²) in [6.07, 6.45) is 3.32. The molecule has 14 heavy (non-hydrogen) atoms. The Kier molecular flexibility index (Phi) is 8.87. The SMILES string of the molecule is CCCCOC(=O)CCCCS(=O)[O-]. The van der Waals surface area contributed by atoms with Crippen LogP contribution in [0, 0.1) is 0 Å². The third kappa shape index (κ3) is 9.67. The van der Waals surface area contributed by atoms with Crippen LogP contribution in [0.15, 0.2) is 0 Å². The van der Waals surface area contributed by atoms with Crippen LogP contribution in [0.1, 0.15) is 39.0 Å². The van der Waals surface area contributed by atoms with Crippen LogP contribution in [0.5, 0.6) is 0 Å². The molecule has 0 N–H and O–H groups in total. The number of hydrogen-bond donors (Lipinski definition) is 0. The first-order chi connectivity index (χ1) is 6.66. The van der Waals surface area contributed by atoms with Crippen LogP contribution in [-0.4, -0.2) is 27.1 Å². The van der Waals surface area contributed by atoms with Crippen LogP contribution < -0.4 is 0 Å². The normalized spacial score (nSPS) is 12.4. The van der Waals surface area contributed by atoms with Crippen molar-refractivity contribution in [3.8, 4) is 0 Å². The van der Waals surface area contributed by atoms with Gasteiger partial charge in [-0.1, -0.05) is 24.4 Å². The van der Waals surface area contributed by atoms with Crippen molar-refractivity contribution in [1.82, 2.24) is 0 Å². The van der Waals surface area contributed by atoms with E-state index in [1.54, 1.807) is 0 Å². The highest BCUT2D eigenvalue weighted by atomic mass is 32.2. The molecule has 0 aromatic heterocycles. The molecule has 0 saturated carbocycles. The first kappa shape index (κ1) is 13.6. The zero-order valence-electron chi connectivity index (χ0n) is 8.49. The van der Waals surface area contributed by atoms with Crippen molar-refractivity contribution < 1.29 is 18.3 Å². The summed E-state index contributed by atoms with van der Waals surface area (Å²) in [6, 6.07) is 0. The summed E-state index contributed by atoms with van der Waals surface area (Å²) in [4.78, 5) is 11.0. The van der Waals surface area contributed by atoms with E-state index in [9.17, 15) is 13.6 Å². The van der Waals surface area contributed by atoms with E-state index in [-0.39, 0.29) is 11.7 Å². The molecule has 0 aliphatic heterocycles. The first-order valence-corrected chi connectivity index (χ1v) is 6.12. The van der Waals surface area contributed by atoms with Gasteiger partial charge in [-0.2, -0.15) is 0 Å². The summed E-state index contributed by atoms with van der Waals surface area (Å²) in [5, 5.41) is 0. The Morgan fingerprint density at radius 3 is 2.64 bits per heavy atom. The standard InChI is InChI=1S/C9H18O4S/c1-2-3-7-13-9(10)6-4-5-8-14(11)12/h2-8H2,1H3,(H,11,12)/p-1. The number of hydrogen-bond acceptors (Lipinski definition) is 4. The van der Waals surface area contributed by atoms with Gasteiger partial charge in [0.05, 0.1) is 6.61 Å². The molecule has 0 heterocycles. The lowest BCUT2D eigenvalue weighted by Gasteiger charge is -2.05. The minimum Gasteiger partial charge on any atom is -0.772 e. The molecule has 0 saturated heterocycles. The molecule has 0 aliphatic rings. The van der Waals surface area contributed by atoms with Gasteiger partial charge in [-0.3, -0.25) is 9.00 Å². The molecule has 0 fully saturated rings. The molecule has 84 valence electrons. The summed E-state index contributed by atoms with van der Waals surface area (Å²) >= 11 is -1.99. The predicted octanol–water partition coefficient (Wildman–Crippen LogP) is 1.38. The number of carbonyl (C=O) groups is 1. The van der Waals surface area contributed by atoms with Gasteiger partial charge >= 0.3 is 5.97 Å². The predicted molar refractivity (Wildman–Crippen MR) is 53.5 cm³/mol. The van der Waals surface area contributed by atoms with Crippen molar-refractivity contribution in [2.75, 3.05) is 12.4 Å². The van der Waals surface area contributed by atoms with Crippen LogP contribution >= 0.6 is 0 Å².